The largest absolute Gasteiger partial charge is 0.496 e. The van der Waals surface area contributed by atoms with Crippen molar-refractivity contribution < 1.29 is 17.9 Å². The van der Waals surface area contributed by atoms with E-state index in [-0.39, 0.29) is 5.56 Å². The molecule has 5 heteroatoms. The van der Waals surface area contributed by atoms with Crippen molar-refractivity contribution in [3.05, 3.63) is 64.5 Å². The molecule has 1 atom stereocenters. The fourth-order valence-electron chi connectivity index (χ4n) is 1.98. The zero-order chi connectivity index (χ0) is 14.9. The summed E-state index contributed by atoms with van der Waals surface area (Å²) in [7, 11) is 1.54. The third-order valence-electron chi connectivity index (χ3n) is 3.05. The smallest absolute Gasteiger partial charge is 0.194 e. The molecular weight excluding hydrogens is 289 g/mol. The second-order valence-electron chi connectivity index (χ2n) is 4.36. The fraction of sp³-hybridized carbons (Fsp3) is 0.200. The number of benzene rings is 2. The van der Waals surface area contributed by atoms with Gasteiger partial charge in [0.2, 0.25) is 0 Å². The van der Waals surface area contributed by atoms with E-state index in [1.54, 1.807) is 18.2 Å². The molecule has 0 spiro atoms. The van der Waals surface area contributed by atoms with Crippen LogP contribution in [0.15, 0.2) is 30.3 Å². The Morgan fingerprint density at radius 3 is 2.35 bits per heavy atom. The minimum Gasteiger partial charge on any atom is -0.496 e. The van der Waals surface area contributed by atoms with Crippen molar-refractivity contribution in [3.63, 3.8) is 0 Å². The Balaban J connectivity index is 2.44. The molecule has 0 saturated carbocycles. The first-order valence-corrected chi connectivity index (χ1v) is 6.31. The number of methoxy groups -OCH3 is 1. The highest BCUT2D eigenvalue weighted by Gasteiger charge is 2.21. The van der Waals surface area contributed by atoms with Gasteiger partial charge in [0.05, 0.1) is 12.5 Å². The highest BCUT2D eigenvalue weighted by Crippen LogP contribution is 2.34. The van der Waals surface area contributed by atoms with E-state index in [0.717, 1.165) is 17.7 Å². The molecule has 0 fully saturated rings. The number of hydrogen-bond acceptors (Lipinski definition) is 1. The molecular formula is C15H12ClF3O. The topological polar surface area (TPSA) is 9.23 Å². The maximum Gasteiger partial charge on any atom is 0.194 e. The number of rotatable bonds is 3. The summed E-state index contributed by atoms with van der Waals surface area (Å²) >= 11 is 6.16. The van der Waals surface area contributed by atoms with Gasteiger partial charge in [-0.25, -0.2) is 13.2 Å². The molecule has 2 aromatic rings. The lowest BCUT2D eigenvalue weighted by Gasteiger charge is -2.14. The van der Waals surface area contributed by atoms with Gasteiger partial charge in [0.15, 0.2) is 17.5 Å². The van der Waals surface area contributed by atoms with Crippen LogP contribution in [0, 0.1) is 24.4 Å². The number of ether oxygens (including phenoxy) is 1. The van der Waals surface area contributed by atoms with Gasteiger partial charge in [0.1, 0.15) is 5.75 Å². The van der Waals surface area contributed by atoms with Crippen LogP contribution in [0.2, 0.25) is 0 Å². The molecule has 20 heavy (non-hydrogen) atoms. The summed E-state index contributed by atoms with van der Waals surface area (Å²) in [5, 5.41) is -0.908. The monoisotopic (exact) mass is 300 g/mol. The Hall–Kier alpha value is -1.68. The molecule has 0 aromatic heterocycles. The van der Waals surface area contributed by atoms with E-state index < -0.39 is 22.8 Å². The molecule has 2 rings (SSSR count). The first-order valence-electron chi connectivity index (χ1n) is 5.87. The minimum absolute atomic E-state index is 0.102. The van der Waals surface area contributed by atoms with Crippen molar-refractivity contribution in [1.29, 1.82) is 0 Å². The van der Waals surface area contributed by atoms with Crippen LogP contribution in [-0.4, -0.2) is 7.11 Å². The van der Waals surface area contributed by atoms with Crippen LogP contribution in [0.5, 0.6) is 5.75 Å². The van der Waals surface area contributed by atoms with E-state index in [1.807, 2.05) is 6.92 Å². The average Bonchev–Trinajstić information content (AvgIpc) is 2.44. The third-order valence-corrected chi connectivity index (χ3v) is 3.54. The molecule has 0 heterocycles. The summed E-state index contributed by atoms with van der Waals surface area (Å²) < 4.78 is 45.0. The lowest BCUT2D eigenvalue weighted by atomic mass is 10.0. The summed E-state index contributed by atoms with van der Waals surface area (Å²) in [6.45, 7) is 1.81. The number of aryl methyl sites for hydroxylation is 1. The van der Waals surface area contributed by atoms with Crippen molar-refractivity contribution in [2.75, 3.05) is 7.11 Å². The van der Waals surface area contributed by atoms with Gasteiger partial charge < -0.3 is 4.74 Å². The van der Waals surface area contributed by atoms with Gasteiger partial charge in [-0.2, -0.15) is 0 Å². The highest BCUT2D eigenvalue weighted by atomic mass is 35.5. The molecule has 0 aliphatic carbocycles. The van der Waals surface area contributed by atoms with Crippen LogP contribution in [-0.2, 0) is 0 Å². The third kappa shape index (κ3) is 2.61. The van der Waals surface area contributed by atoms with Crippen LogP contribution >= 0.6 is 11.6 Å². The Morgan fingerprint density at radius 2 is 1.75 bits per heavy atom. The molecule has 0 aliphatic rings. The van der Waals surface area contributed by atoms with Gasteiger partial charge in [0, 0.05) is 5.56 Å². The quantitative estimate of drug-likeness (QED) is 0.587. The number of alkyl halides is 1. The second kappa shape index (κ2) is 5.75. The number of halogens is 4. The Morgan fingerprint density at radius 1 is 1.05 bits per heavy atom. The fourth-order valence-corrected chi connectivity index (χ4v) is 2.28. The summed E-state index contributed by atoms with van der Waals surface area (Å²) in [5.74, 6) is -3.35. The Kier molecular flexibility index (Phi) is 4.23. The molecule has 106 valence electrons. The number of hydrogen-bond donors (Lipinski definition) is 0. The molecule has 0 N–H and O–H groups in total. The molecule has 0 bridgehead atoms. The van der Waals surface area contributed by atoms with Crippen molar-refractivity contribution in [3.8, 4) is 5.75 Å². The van der Waals surface area contributed by atoms with Crippen molar-refractivity contribution in [2.24, 2.45) is 0 Å². The van der Waals surface area contributed by atoms with Crippen LogP contribution in [0.3, 0.4) is 0 Å². The van der Waals surface area contributed by atoms with Gasteiger partial charge in [-0.15, -0.1) is 11.6 Å². The van der Waals surface area contributed by atoms with E-state index in [9.17, 15) is 13.2 Å². The van der Waals surface area contributed by atoms with Crippen molar-refractivity contribution >= 4 is 11.6 Å². The van der Waals surface area contributed by atoms with Gasteiger partial charge in [-0.3, -0.25) is 0 Å². The van der Waals surface area contributed by atoms with Crippen molar-refractivity contribution in [1.82, 2.24) is 0 Å². The predicted molar refractivity (Wildman–Crippen MR) is 71.7 cm³/mol. The first-order chi connectivity index (χ1) is 9.45. The summed E-state index contributed by atoms with van der Waals surface area (Å²) in [6, 6.07) is 7.07. The van der Waals surface area contributed by atoms with Gasteiger partial charge in [-0.1, -0.05) is 18.2 Å². The highest BCUT2D eigenvalue weighted by molar-refractivity contribution is 6.22. The molecule has 0 radical (unpaired) electrons. The van der Waals surface area contributed by atoms with Crippen molar-refractivity contribution in [2.45, 2.75) is 12.3 Å². The maximum absolute atomic E-state index is 13.7. The summed E-state index contributed by atoms with van der Waals surface area (Å²) in [6.07, 6.45) is 0. The van der Waals surface area contributed by atoms with Crippen LogP contribution in [0.1, 0.15) is 22.1 Å². The van der Waals surface area contributed by atoms with E-state index in [0.29, 0.717) is 11.3 Å². The predicted octanol–water partition coefficient (Wildman–Crippen LogP) is 4.75. The Bertz CT molecular complexity index is 643. The average molecular weight is 301 g/mol. The zero-order valence-electron chi connectivity index (χ0n) is 10.9. The van der Waals surface area contributed by atoms with Gasteiger partial charge in [0.25, 0.3) is 0 Å². The summed E-state index contributed by atoms with van der Waals surface area (Å²) in [5.41, 5.74) is 1.30. The Labute approximate surface area is 119 Å². The molecule has 1 nitrogen and oxygen atoms in total. The van der Waals surface area contributed by atoms with E-state index >= 15 is 0 Å². The van der Waals surface area contributed by atoms with E-state index in [2.05, 4.69) is 0 Å². The standard InChI is InChI=1S/C15H12ClF3O/c1-8-7-9(3-6-12(8)20-2)13(16)10-4-5-11(17)15(19)14(10)18/h3-7,13H,1-2H3. The summed E-state index contributed by atoms with van der Waals surface area (Å²) in [4.78, 5) is 0. The van der Waals surface area contributed by atoms with E-state index in [4.69, 9.17) is 16.3 Å². The van der Waals surface area contributed by atoms with Crippen LogP contribution < -0.4 is 4.74 Å². The first kappa shape index (κ1) is 14.7. The SMILES string of the molecule is COc1ccc(C(Cl)c2ccc(F)c(F)c2F)cc1C. The van der Waals surface area contributed by atoms with Gasteiger partial charge in [-0.05, 0) is 30.2 Å². The molecule has 0 saturated heterocycles. The second-order valence-corrected chi connectivity index (χ2v) is 4.79. The van der Waals surface area contributed by atoms with Crippen LogP contribution in [0.25, 0.3) is 0 Å². The zero-order valence-corrected chi connectivity index (χ0v) is 11.6. The molecule has 2 aromatic carbocycles. The molecule has 1 unspecified atom stereocenters. The van der Waals surface area contributed by atoms with E-state index in [1.165, 1.54) is 7.11 Å². The molecule has 0 amide bonds. The van der Waals surface area contributed by atoms with Crippen LogP contribution in [0.4, 0.5) is 13.2 Å². The minimum atomic E-state index is -1.52. The normalized spacial score (nSPS) is 12.3. The lowest BCUT2D eigenvalue weighted by Crippen LogP contribution is -2.02. The molecule has 0 aliphatic heterocycles. The van der Waals surface area contributed by atoms with Gasteiger partial charge >= 0.3 is 0 Å². The maximum atomic E-state index is 13.7. The lowest BCUT2D eigenvalue weighted by molar-refractivity contribution is 0.411.